The molecule has 0 fully saturated rings. The van der Waals surface area contributed by atoms with Crippen LogP contribution in [0.25, 0.3) is 0 Å². The molecule has 1 aromatic carbocycles. The number of Topliss-reactive ketones (excluding diaryl/α,β-unsaturated/α-hetero) is 2. The zero-order valence-corrected chi connectivity index (χ0v) is 8.82. The summed E-state index contributed by atoms with van der Waals surface area (Å²) in [6.07, 6.45) is -4.65. The summed E-state index contributed by atoms with van der Waals surface area (Å²) < 4.78 is 37.2. The van der Waals surface area contributed by atoms with E-state index in [9.17, 15) is 22.8 Å². The van der Waals surface area contributed by atoms with Crippen molar-refractivity contribution >= 4 is 23.2 Å². The predicted octanol–water partition coefficient (Wildman–Crippen LogP) is 3.13. The summed E-state index contributed by atoms with van der Waals surface area (Å²) in [5, 5.41) is -0.507. The maximum Gasteiger partial charge on any atom is 0.417 e. The van der Waals surface area contributed by atoms with E-state index in [1.54, 1.807) is 0 Å². The van der Waals surface area contributed by atoms with Crippen molar-refractivity contribution in [3.8, 4) is 0 Å². The third-order valence-corrected chi connectivity index (χ3v) is 2.18. The Morgan fingerprint density at radius 2 is 1.81 bits per heavy atom. The number of halogens is 4. The van der Waals surface area contributed by atoms with Gasteiger partial charge in [0.05, 0.1) is 10.6 Å². The summed E-state index contributed by atoms with van der Waals surface area (Å²) >= 11 is 5.35. The van der Waals surface area contributed by atoms with Gasteiger partial charge in [0, 0.05) is 12.5 Å². The molecule has 0 bridgehead atoms. The molecule has 0 radical (unpaired) electrons. The minimum Gasteiger partial charge on any atom is -0.291 e. The molecule has 86 valence electrons. The Bertz CT molecular complexity index is 452. The average molecular weight is 251 g/mol. The first-order chi connectivity index (χ1) is 7.23. The molecule has 6 heteroatoms. The second kappa shape index (κ2) is 4.25. The Morgan fingerprint density at radius 3 is 2.25 bits per heavy atom. The van der Waals surface area contributed by atoms with Gasteiger partial charge < -0.3 is 0 Å². The molecular weight excluding hydrogens is 245 g/mol. The van der Waals surface area contributed by atoms with Gasteiger partial charge in [-0.1, -0.05) is 11.6 Å². The molecule has 0 aliphatic heterocycles. The summed E-state index contributed by atoms with van der Waals surface area (Å²) in [7, 11) is 0. The van der Waals surface area contributed by atoms with Crippen LogP contribution in [0.5, 0.6) is 0 Å². The third kappa shape index (κ3) is 2.61. The lowest BCUT2D eigenvalue weighted by Crippen LogP contribution is -2.12. The third-order valence-electron chi connectivity index (χ3n) is 1.85. The average Bonchev–Trinajstić information content (AvgIpc) is 2.15. The van der Waals surface area contributed by atoms with E-state index in [4.69, 9.17) is 11.6 Å². The fourth-order valence-electron chi connectivity index (χ4n) is 1.09. The van der Waals surface area contributed by atoms with Gasteiger partial charge in [-0.3, -0.25) is 9.59 Å². The van der Waals surface area contributed by atoms with Gasteiger partial charge in [0.15, 0.2) is 5.78 Å². The van der Waals surface area contributed by atoms with Crippen molar-refractivity contribution in [1.29, 1.82) is 0 Å². The minimum atomic E-state index is -4.65. The van der Waals surface area contributed by atoms with E-state index in [2.05, 4.69) is 0 Å². The van der Waals surface area contributed by atoms with Crippen LogP contribution in [-0.4, -0.2) is 11.6 Å². The topological polar surface area (TPSA) is 34.1 Å². The first-order valence-corrected chi connectivity index (χ1v) is 4.53. The van der Waals surface area contributed by atoms with Crippen LogP contribution < -0.4 is 0 Å². The Kier molecular flexibility index (Phi) is 3.38. The van der Waals surface area contributed by atoms with Crippen molar-refractivity contribution in [3.05, 3.63) is 34.3 Å². The first-order valence-electron chi connectivity index (χ1n) is 4.15. The van der Waals surface area contributed by atoms with Crippen LogP contribution in [0.15, 0.2) is 18.2 Å². The lowest BCUT2D eigenvalue weighted by atomic mass is 10.0. The molecule has 1 aromatic rings. The highest BCUT2D eigenvalue weighted by Gasteiger charge is 2.34. The van der Waals surface area contributed by atoms with E-state index in [0.717, 1.165) is 19.1 Å². The van der Waals surface area contributed by atoms with E-state index < -0.39 is 28.3 Å². The van der Waals surface area contributed by atoms with E-state index >= 15 is 0 Å². The number of hydrogen-bond donors (Lipinski definition) is 0. The number of hydrogen-bond acceptors (Lipinski definition) is 2. The molecule has 0 saturated heterocycles. The molecule has 0 aliphatic carbocycles. The SMILES string of the molecule is CC(=O)C(=O)c1ccc(Cl)c(C(F)(F)F)c1. The molecule has 0 heterocycles. The van der Waals surface area contributed by atoms with Crippen LogP contribution in [0.3, 0.4) is 0 Å². The maximum atomic E-state index is 12.4. The van der Waals surface area contributed by atoms with Crippen molar-refractivity contribution in [2.45, 2.75) is 13.1 Å². The van der Waals surface area contributed by atoms with Crippen LogP contribution in [0, 0.1) is 0 Å². The lowest BCUT2D eigenvalue weighted by molar-refractivity contribution is -0.137. The maximum absolute atomic E-state index is 12.4. The van der Waals surface area contributed by atoms with Gasteiger partial charge in [-0.05, 0) is 18.2 Å². The summed E-state index contributed by atoms with van der Waals surface area (Å²) in [5.74, 6) is -1.79. The Balaban J connectivity index is 3.28. The van der Waals surface area contributed by atoms with Gasteiger partial charge in [0.1, 0.15) is 0 Å². The molecule has 0 amide bonds. The summed E-state index contributed by atoms with van der Waals surface area (Å²) in [6, 6.07) is 2.61. The lowest BCUT2D eigenvalue weighted by Gasteiger charge is -2.09. The van der Waals surface area contributed by atoms with Crippen LogP contribution >= 0.6 is 11.6 Å². The van der Waals surface area contributed by atoms with E-state index in [1.807, 2.05) is 0 Å². The molecule has 1 rings (SSSR count). The number of ketones is 2. The van der Waals surface area contributed by atoms with Gasteiger partial charge in [-0.15, -0.1) is 0 Å². The van der Waals surface area contributed by atoms with Crippen molar-refractivity contribution in [1.82, 2.24) is 0 Å². The van der Waals surface area contributed by atoms with Gasteiger partial charge in [0.25, 0.3) is 0 Å². The fourth-order valence-corrected chi connectivity index (χ4v) is 1.31. The molecule has 0 spiro atoms. The van der Waals surface area contributed by atoms with Gasteiger partial charge >= 0.3 is 6.18 Å². The fraction of sp³-hybridized carbons (Fsp3) is 0.200. The normalized spacial score (nSPS) is 11.3. The summed E-state index contributed by atoms with van der Waals surface area (Å²) in [6.45, 7) is 0.990. The molecule has 0 unspecified atom stereocenters. The van der Waals surface area contributed by atoms with Gasteiger partial charge in [-0.25, -0.2) is 0 Å². The number of benzene rings is 1. The highest BCUT2D eigenvalue weighted by molar-refractivity contribution is 6.43. The van der Waals surface area contributed by atoms with E-state index in [1.165, 1.54) is 0 Å². The number of carbonyl (C=O) groups excluding carboxylic acids is 2. The number of carbonyl (C=O) groups is 2. The van der Waals surface area contributed by atoms with E-state index in [-0.39, 0.29) is 5.56 Å². The first kappa shape index (κ1) is 12.7. The van der Waals surface area contributed by atoms with Crippen LogP contribution in [0.1, 0.15) is 22.8 Å². The molecule has 0 aromatic heterocycles. The Hall–Kier alpha value is -1.36. The quantitative estimate of drug-likeness (QED) is 0.597. The smallest absolute Gasteiger partial charge is 0.291 e. The standard InChI is InChI=1S/C10H6ClF3O2/c1-5(15)9(16)6-2-3-8(11)7(4-6)10(12,13)14/h2-4H,1H3. The highest BCUT2D eigenvalue weighted by atomic mass is 35.5. The minimum absolute atomic E-state index is 0.316. The predicted molar refractivity (Wildman–Crippen MR) is 51.5 cm³/mol. The molecular formula is C10H6ClF3O2. The van der Waals surface area contributed by atoms with Gasteiger partial charge in [-0.2, -0.15) is 13.2 Å². The van der Waals surface area contributed by atoms with Crippen LogP contribution in [0.4, 0.5) is 13.2 Å². The second-order valence-corrected chi connectivity index (χ2v) is 3.48. The zero-order valence-electron chi connectivity index (χ0n) is 8.06. The molecule has 2 nitrogen and oxygen atoms in total. The highest BCUT2D eigenvalue weighted by Crippen LogP contribution is 2.35. The zero-order chi connectivity index (χ0) is 12.5. The van der Waals surface area contributed by atoms with Crippen molar-refractivity contribution in [2.75, 3.05) is 0 Å². The van der Waals surface area contributed by atoms with Crippen molar-refractivity contribution in [3.63, 3.8) is 0 Å². The monoisotopic (exact) mass is 250 g/mol. The van der Waals surface area contributed by atoms with Crippen LogP contribution in [0.2, 0.25) is 5.02 Å². The Labute approximate surface area is 94.0 Å². The molecule has 0 aliphatic rings. The molecule has 0 N–H and O–H groups in total. The number of rotatable bonds is 2. The van der Waals surface area contributed by atoms with Crippen molar-refractivity contribution < 1.29 is 22.8 Å². The molecule has 0 atom stereocenters. The molecule has 0 saturated carbocycles. The summed E-state index contributed by atoms with van der Waals surface area (Å²) in [5.41, 5.74) is -1.44. The molecule has 16 heavy (non-hydrogen) atoms. The number of alkyl halides is 3. The van der Waals surface area contributed by atoms with Gasteiger partial charge in [0.2, 0.25) is 5.78 Å². The second-order valence-electron chi connectivity index (χ2n) is 3.08. The van der Waals surface area contributed by atoms with E-state index in [0.29, 0.717) is 6.07 Å². The van der Waals surface area contributed by atoms with Crippen LogP contribution in [-0.2, 0) is 11.0 Å². The van der Waals surface area contributed by atoms with Crippen molar-refractivity contribution in [2.24, 2.45) is 0 Å². The summed E-state index contributed by atoms with van der Waals surface area (Å²) in [4.78, 5) is 21.9. The Morgan fingerprint density at radius 1 is 1.25 bits per heavy atom. The largest absolute Gasteiger partial charge is 0.417 e.